The summed E-state index contributed by atoms with van der Waals surface area (Å²) in [4.78, 5) is 16.4. The summed E-state index contributed by atoms with van der Waals surface area (Å²) >= 11 is 7.04. The molecule has 0 fully saturated rings. The van der Waals surface area contributed by atoms with E-state index in [4.69, 9.17) is 11.6 Å². The van der Waals surface area contributed by atoms with E-state index in [0.717, 1.165) is 34.3 Å². The molecular formula is C22H16ClN5O3S2. The zero-order valence-electron chi connectivity index (χ0n) is 17.2. The Hall–Kier alpha value is -3.52. The molecule has 0 aliphatic carbocycles. The van der Waals surface area contributed by atoms with Gasteiger partial charge in [0.15, 0.2) is 0 Å². The number of nitrogens with zero attached hydrogens (tertiary/aromatic N) is 4. The maximum absolute atomic E-state index is 12.6. The van der Waals surface area contributed by atoms with E-state index in [1.165, 1.54) is 6.08 Å². The highest BCUT2D eigenvalue weighted by atomic mass is 35.5. The number of hydrogen-bond donors (Lipinski definition) is 1. The summed E-state index contributed by atoms with van der Waals surface area (Å²) in [6.45, 7) is 0.515. The Bertz CT molecular complexity index is 1550. The number of rotatable bonds is 6. The topological polar surface area (TPSA) is 118 Å². The summed E-state index contributed by atoms with van der Waals surface area (Å²) in [5.74, 6) is -0.711. The highest BCUT2D eigenvalue weighted by Gasteiger charge is 2.18. The van der Waals surface area contributed by atoms with Crippen LogP contribution < -0.4 is 5.32 Å². The second-order valence-corrected chi connectivity index (χ2v) is 10.2. The molecule has 0 aliphatic rings. The van der Waals surface area contributed by atoms with Gasteiger partial charge < -0.3 is 4.57 Å². The van der Waals surface area contributed by atoms with Crippen molar-refractivity contribution in [2.24, 2.45) is 0 Å². The Morgan fingerprint density at radius 1 is 1.24 bits per heavy atom. The van der Waals surface area contributed by atoms with E-state index in [1.807, 2.05) is 65.4 Å². The first kappa shape index (κ1) is 22.7. The van der Waals surface area contributed by atoms with Crippen molar-refractivity contribution in [3.8, 4) is 6.07 Å². The van der Waals surface area contributed by atoms with Crippen LogP contribution in [0.2, 0.25) is 5.02 Å². The van der Waals surface area contributed by atoms with Gasteiger partial charge in [-0.3, -0.25) is 10.1 Å². The number of aromatic nitrogens is 3. The second kappa shape index (κ2) is 9.15. The number of carbonyl (C=O) groups is 1. The van der Waals surface area contributed by atoms with Gasteiger partial charge in [-0.05, 0) is 23.8 Å². The Balaban J connectivity index is 1.67. The van der Waals surface area contributed by atoms with Gasteiger partial charge in [-0.1, -0.05) is 48.0 Å². The summed E-state index contributed by atoms with van der Waals surface area (Å²) < 4.78 is 28.8. The number of carbonyl (C=O) groups excluding carboxylic acids is 1. The van der Waals surface area contributed by atoms with E-state index < -0.39 is 15.7 Å². The maximum Gasteiger partial charge on any atom is 0.268 e. The maximum atomic E-state index is 12.6. The zero-order chi connectivity index (χ0) is 23.6. The Morgan fingerprint density at radius 2 is 1.97 bits per heavy atom. The minimum atomic E-state index is -3.60. The molecule has 2 heterocycles. The number of sulfone groups is 1. The summed E-state index contributed by atoms with van der Waals surface area (Å²) in [6, 6.07) is 17.1. The van der Waals surface area contributed by atoms with Crippen LogP contribution in [0.15, 0.2) is 65.5 Å². The third-order valence-corrected chi connectivity index (χ3v) is 6.70. The number of nitrogens with one attached hydrogen (secondary N) is 1. The molecule has 4 aromatic rings. The Kier molecular flexibility index (Phi) is 6.29. The molecule has 2 aromatic heterocycles. The molecule has 0 aliphatic heterocycles. The van der Waals surface area contributed by atoms with E-state index in [2.05, 4.69) is 14.7 Å². The normalized spacial score (nSPS) is 12.0. The summed E-state index contributed by atoms with van der Waals surface area (Å²) in [6.07, 6.45) is 4.31. The van der Waals surface area contributed by atoms with E-state index in [1.54, 1.807) is 0 Å². The lowest BCUT2D eigenvalue weighted by molar-refractivity contribution is -0.112. The van der Waals surface area contributed by atoms with Gasteiger partial charge in [-0.15, -0.1) is 0 Å². The van der Waals surface area contributed by atoms with Crippen LogP contribution in [0.25, 0.3) is 17.0 Å². The fraction of sp³-hybridized carbons (Fsp3) is 0.0909. The lowest BCUT2D eigenvalue weighted by Crippen LogP contribution is -2.13. The van der Waals surface area contributed by atoms with Crippen molar-refractivity contribution in [1.82, 2.24) is 13.9 Å². The fourth-order valence-electron chi connectivity index (χ4n) is 3.21. The molecule has 33 heavy (non-hydrogen) atoms. The van der Waals surface area contributed by atoms with E-state index in [0.29, 0.717) is 17.1 Å². The van der Waals surface area contributed by atoms with Crippen LogP contribution in [0, 0.1) is 11.3 Å². The fourth-order valence-corrected chi connectivity index (χ4v) is 4.85. The van der Waals surface area contributed by atoms with Crippen LogP contribution in [0.1, 0.15) is 11.1 Å². The van der Waals surface area contributed by atoms with Crippen molar-refractivity contribution in [1.29, 1.82) is 5.26 Å². The minimum Gasteiger partial charge on any atom is -0.342 e. The Morgan fingerprint density at radius 3 is 2.67 bits per heavy atom. The first-order valence-corrected chi connectivity index (χ1v) is 12.6. The first-order chi connectivity index (χ1) is 15.8. The third kappa shape index (κ3) is 4.96. The van der Waals surface area contributed by atoms with Gasteiger partial charge in [0.2, 0.25) is 15.0 Å². The van der Waals surface area contributed by atoms with Crippen molar-refractivity contribution in [2.45, 2.75) is 11.7 Å². The quantitative estimate of drug-likeness (QED) is 0.316. The van der Waals surface area contributed by atoms with Crippen molar-refractivity contribution in [2.75, 3.05) is 11.6 Å². The number of nitriles is 1. The van der Waals surface area contributed by atoms with Gasteiger partial charge in [0.25, 0.3) is 11.1 Å². The van der Waals surface area contributed by atoms with E-state index >= 15 is 0 Å². The van der Waals surface area contributed by atoms with Crippen LogP contribution >= 0.6 is 23.1 Å². The van der Waals surface area contributed by atoms with Crippen molar-refractivity contribution < 1.29 is 13.2 Å². The van der Waals surface area contributed by atoms with Gasteiger partial charge in [0, 0.05) is 52.0 Å². The monoisotopic (exact) mass is 497 g/mol. The predicted molar refractivity (Wildman–Crippen MR) is 128 cm³/mol. The lowest BCUT2D eigenvalue weighted by atomic mass is 10.1. The number of fused-ring (bicyclic) bond motifs is 1. The average molecular weight is 498 g/mol. The van der Waals surface area contributed by atoms with Gasteiger partial charge in [0.1, 0.15) is 11.6 Å². The number of hydrogen-bond acceptors (Lipinski definition) is 7. The van der Waals surface area contributed by atoms with Gasteiger partial charge in [-0.25, -0.2) is 8.42 Å². The molecule has 0 saturated carbocycles. The number of benzene rings is 2. The summed E-state index contributed by atoms with van der Waals surface area (Å²) in [7, 11) is -3.60. The molecule has 4 rings (SSSR count). The average Bonchev–Trinajstić information content (AvgIpc) is 3.39. The molecule has 1 N–H and O–H groups in total. The summed E-state index contributed by atoms with van der Waals surface area (Å²) in [5, 5.41) is 13.1. The van der Waals surface area contributed by atoms with E-state index in [-0.39, 0.29) is 15.9 Å². The van der Waals surface area contributed by atoms with Gasteiger partial charge in [0.05, 0.1) is 0 Å². The molecule has 0 spiro atoms. The lowest BCUT2D eigenvalue weighted by Gasteiger charge is -2.07. The number of para-hydroxylation sites is 1. The molecule has 0 saturated heterocycles. The molecule has 1 amide bonds. The largest absolute Gasteiger partial charge is 0.342 e. The summed E-state index contributed by atoms with van der Waals surface area (Å²) in [5.41, 5.74) is 2.38. The van der Waals surface area contributed by atoms with E-state index in [9.17, 15) is 18.5 Å². The standard InChI is InChI=1S/C22H16ClN5O3S2/c1-33(30,31)22-26-21(32-27-22)25-20(29)15(11-24)10-16-13-28(19-9-5-3-7-17(16)19)12-14-6-2-4-8-18(14)23/h2-10,13H,12H2,1H3,(H,25,26,27,29)/b15-10-. The zero-order valence-corrected chi connectivity index (χ0v) is 19.6. The first-order valence-electron chi connectivity index (χ1n) is 9.54. The molecule has 8 nitrogen and oxygen atoms in total. The number of anilines is 1. The minimum absolute atomic E-state index is 0.0114. The number of halogens is 1. The second-order valence-electron chi connectivity index (χ2n) is 7.10. The predicted octanol–water partition coefficient (Wildman–Crippen LogP) is 4.14. The van der Waals surface area contributed by atoms with Crippen molar-refractivity contribution in [3.63, 3.8) is 0 Å². The highest BCUT2D eigenvalue weighted by Crippen LogP contribution is 2.26. The van der Waals surface area contributed by atoms with Gasteiger partial charge >= 0.3 is 0 Å². The van der Waals surface area contributed by atoms with Crippen LogP contribution in [0.5, 0.6) is 0 Å². The van der Waals surface area contributed by atoms with Gasteiger partial charge in [-0.2, -0.15) is 14.6 Å². The number of amides is 1. The Labute approximate surface area is 198 Å². The molecular weight excluding hydrogens is 482 g/mol. The van der Waals surface area contributed by atoms with Crippen molar-refractivity contribution in [3.05, 3.63) is 76.5 Å². The molecule has 2 aromatic carbocycles. The molecule has 0 radical (unpaired) electrons. The molecule has 166 valence electrons. The SMILES string of the molecule is CS(=O)(=O)c1nsc(NC(=O)/C(C#N)=C\c2cn(Cc3ccccc3Cl)c3ccccc23)n1. The molecule has 0 atom stereocenters. The highest BCUT2D eigenvalue weighted by molar-refractivity contribution is 7.90. The van der Waals surface area contributed by atoms with Crippen LogP contribution in [-0.4, -0.2) is 34.5 Å². The third-order valence-electron chi connectivity index (χ3n) is 4.74. The molecule has 0 unspecified atom stereocenters. The molecule has 11 heteroatoms. The van der Waals surface area contributed by atoms with Crippen LogP contribution in [-0.2, 0) is 21.2 Å². The van der Waals surface area contributed by atoms with Crippen LogP contribution in [0.4, 0.5) is 5.13 Å². The van der Waals surface area contributed by atoms with Crippen molar-refractivity contribution >= 4 is 61.0 Å². The van der Waals surface area contributed by atoms with Crippen LogP contribution in [0.3, 0.4) is 0 Å². The smallest absolute Gasteiger partial charge is 0.268 e. The molecule has 0 bridgehead atoms.